The maximum atomic E-state index is 12.2. The van der Waals surface area contributed by atoms with Gasteiger partial charge in [-0.25, -0.2) is 0 Å². The summed E-state index contributed by atoms with van der Waals surface area (Å²) in [6, 6.07) is 0.356. The summed E-state index contributed by atoms with van der Waals surface area (Å²) in [6.07, 6.45) is 9.54. The number of amides is 1. The first kappa shape index (κ1) is 21.7. The fourth-order valence-corrected chi connectivity index (χ4v) is 6.36. The molecule has 0 bridgehead atoms. The van der Waals surface area contributed by atoms with E-state index in [4.69, 9.17) is 5.73 Å². The highest BCUT2D eigenvalue weighted by atomic mass is 16.2. The average molecular weight is 365 g/mol. The van der Waals surface area contributed by atoms with Crippen molar-refractivity contribution >= 4 is 5.91 Å². The van der Waals surface area contributed by atoms with Gasteiger partial charge >= 0.3 is 0 Å². The van der Waals surface area contributed by atoms with Crippen LogP contribution in [0.4, 0.5) is 0 Å². The third-order valence-electron chi connectivity index (χ3n) is 8.36. The van der Waals surface area contributed by atoms with Crippen molar-refractivity contribution in [1.82, 2.24) is 4.90 Å². The Morgan fingerprint density at radius 1 is 1.27 bits per heavy atom. The number of fused-ring (bicyclic) bond motifs is 1. The highest BCUT2D eigenvalue weighted by molar-refractivity contribution is 5.76. The molecule has 0 heterocycles. The molecule has 0 spiro atoms. The molecule has 0 aromatic carbocycles. The van der Waals surface area contributed by atoms with Crippen molar-refractivity contribution in [3.63, 3.8) is 0 Å². The second kappa shape index (κ2) is 9.08. The average Bonchev–Trinajstić information content (AvgIpc) is 2.97. The summed E-state index contributed by atoms with van der Waals surface area (Å²) in [6.45, 7) is 12.5. The zero-order chi connectivity index (χ0) is 19.5. The minimum atomic E-state index is 0.305. The van der Waals surface area contributed by atoms with E-state index in [1.54, 1.807) is 0 Å². The highest BCUT2D eigenvalue weighted by Crippen LogP contribution is 2.61. The smallest absolute Gasteiger partial charge is 0.222 e. The molecular weight excluding hydrogens is 320 g/mol. The van der Waals surface area contributed by atoms with E-state index in [1.165, 1.54) is 32.1 Å². The second-order valence-corrected chi connectivity index (χ2v) is 9.87. The first-order valence-electron chi connectivity index (χ1n) is 11.2. The van der Waals surface area contributed by atoms with Crippen LogP contribution in [0.15, 0.2) is 0 Å². The molecule has 3 heteroatoms. The quantitative estimate of drug-likeness (QED) is 0.652. The summed E-state index contributed by atoms with van der Waals surface area (Å²) < 4.78 is 0. The molecule has 0 aliphatic heterocycles. The monoisotopic (exact) mass is 364 g/mol. The molecule has 152 valence electrons. The Kier molecular flexibility index (Phi) is 7.59. The molecule has 0 aromatic heterocycles. The molecule has 0 saturated heterocycles. The van der Waals surface area contributed by atoms with E-state index in [-0.39, 0.29) is 0 Å². The normalized spacial score (nSPS) is 36.4. The predicted octanol–water partition coefficient (Wildman–Crippen LogP) is 5.09. The van der Waals surface area contributed by atoms with Gasteiger partial charge in [-0.3, -0.25) is 4.79 Å². The highest BCUT2D eigenvalue weighted by Gasteiger charge is 2.53. The molecule has 0 aromatic rings. The summed E-state index contributed by atoms with van der Waals surface area (Å²) in [7, 11) is 1.99. The molecule has 2 aliphatic rings. The topological polar surface area (TPSA) is 46.3 Å². The zero-order valence-electron chi connectivity index (χ0n) is 18.3. The number of hydrogen-bond acceptors (Lipinski definition) is 2. The number of nitrogens with two attached hydrogens (primary N) is 1. The summed E-state index contributed by atoms with van der Waals surface area (Å²) in [5.41, 5.74) is 6.53. The molecule has 2 rings (SSSR count). The van der Waals surface area contributed by atoms with Crippen molar-refractivity contribution in [3.05, 3.63) is 0 Å². The zero-order valence-corrected chi connectivity index (χ0v) is 18.3. The van der Waals surface area contributed by atoms with Crippen LogP contribution in [0.2, 0.25) is 0 Å². The molecule has 0 radical (unpaired) electrons. The number of rotatable bonds is 8. The van der Waals surface area contributed by atoms with E-state index in [2.05, 4.69) is 34.6 Å². The Morgan fingerprint density at radius 2 is 1.96 bits per heavy atom. The summed E-state index contributed by atoms with van der Waals surface area (Å²) in [4.78, 5) is 14.2. The maximum absolute atomic E-state index is 12.2. The lowest BCUT2D eigenvalue weighted by Gasteiger charge is -2.49. The van der Waals surface area contributed by atoms with E-state index in [1.807, 2.05) is 11.9 Å². The Bertz CT molecular complexity index is 465. The molecule has 3 nitrogen and oxygen atoms in total. The lowest BCUT2D eigenvalue weighted by Crippen LogP contribution is -2.43. The third kappa shape index (κ3) is 4.29. The minimum Gasteiger partial charge on any atom is -0.343 e. The van der Waals surface area contributed by atoms with Gasteiger partial charge in [0, 0.05) is 19.5 Å². The third-order valence-corrected chi connectivity index (χ3v) is 8.36. The van der Waals surface area contributed by atoms with Crippen molar-refractivity contribution in [2.24, 2.45) is 40.7 Å². The van der Waals surface area contributed by atoms with Crippen LogP contribution in [0.25, 0.3) is 0 Å². The van der Waals surface area contributed by atoms with E-state index in [0.29, 0.717) is 29.7 Å². The fourth-order valence-electron chi connectivity index (χ4n) is 6.36. The van der Waals surface area contributed by atoms with Crippen LogP contribution in [0.1, 0.15) is 86.0 Å². The van der Waals surface area contributed by atoms with Gasteiger partial charge in [-0.05, 0) is 93.4 Å². The Labute approximate surface area is 162 Å². The summed E-state index contributed by atoms with van der Waals surface area (Å²) in [5.74, 6) is 4.26. The van der Waals surface area contributed by atoms with Gasteiger partial charge in [-0.2, -0.15) is 0 Å². The van der Waals surface area contributed by atoms with Crippen LogP contribution >= 0.6 is 0 Å². The molecule has 2 fully saturated rings. The molecule has 2 aliphatic carbocycles. The van der Waals surface area contributed by atoms with Crippen molar-refractivity contribution in [3.8, 4) is 0 Å². The fraction of sp³-hybridized carbons (Fsp3) is 0.957. The van der Waals surface area contributed by atoms with Crippen LogP contribution in [-0.2, 0) is 4.79 Å². The van der Waals surface area contributed by atoms with Crippen molar-refractivity contribution in [2.45, 2.75) is 92.0 Å². The Balaban J connectivity index is 2.01. The van der Waals surface area contributed by atoms with Gasteiger partial charge in [0.15, 0.2) is 0 Å². The lowest BCUT2D eigenvalue weighted by molar-refractivity contribution is -0.132. The van der Waals surface area contributed by atoms with E-state index in [0.717, 1.165) is 43.1 Å². The SMILES string of the molecule is CCCC(=O)N(C)[C@@H](C)CCC1C(C)CCC2(C)C(C(C)CN)CCC12. The van der Waals surface area contributed by atoms with Crippen molar-refractivity contribution < 1.29 is 4.79 Å². The molecule has 2 saturated carbocycles. The van der Waals surface area contributed by atoms with Crippen LogP contribution in [-0.4, -0.2) is 30.4 Å². The van der Waals surface area contributed by atoms with Crippen molar-refractivity contribution in [1.29, 1.82) is 0 Å². The van der Waals surface area contributed by atoms with Crippen LogP contribution < -0.4 is 5.73 Å². The van der Waals surface area contributed by atoms with E-state index in [9.17, 15) is 4.79 Å². The first-order chi connectivity index (χ1) is 12.3. The van der Waals surface area contributed by atoms with Gasteiger partial charge in [0.2, 0.25) is 5.91 Å². The molecular formula is C23H44N2O. The van der Waals surface area contributed by atoms with Gasteiger partial charge < -0.3 is 10.6 Å². The van der Waals surface area contributed by atoms with Gasteiger partial charge in [0.25, 0.3) is 0 Å². The Hall–Kier alpha value is -0.570. The maximum Gasteiger partial charge on any atom is 0.222 e. The standard InChI is InChI=1S/C23H44N2O/c1-7-8-22(26)25(6)18(4)9-10-19-16(2)13-14-23(5)20(17(3)15-24)11-12-21(19)23/h16-21H,7-15,24H2,1-6H3/t16?,17?,18-,19?,20?,21?,23?/m0/s1. The minimum absolute atomic E-state index is 0.305. The first-order valence-corrected chi connectivity index (χ1v) is 11.2. The molecule has 7 atom stereocenters. The van der Waals surface area contributed by atoms with Crippen molar-refractivity contribution in [2.75, 3.05) is 13.6 Å². The summed E-state index contributed by atoms with van der Waals surface area (Å²) in [5, 5.41) is 0. The van der Waals surface area contributed by atoms with Crippen LogP contribution in [0.5, 0.6) is 0 Å². The number of carbonyl (C=O) groups is 1. The number of carbonyl (C=O) groups excluding carboxylic acids is 1. The second-order valence-electron chi connectivity index (χ2n) is 9.87. The predicted molar refractivity (Wildman–Crippen MR) is 111 cm³/mol. The number of nitrogens with zero attached hydrogens (tertiary/aromatic N) is 1. The summed E-state index contributed by atoms with van der Waals surface area (Å²) >= 11 is 0. The van der Waals surface area contributed by atoms with Gasteiger partial charge in [-0.15, -0.1) is 0 Å². The van der Waals surface area contributed by atoms with Crippen LogP contribution in [0, 0.1) is 35.0 Å². The van der Waals surface area contributed by atoms with Crippen LogP contribution in [0.3, 0.4) is 0 Å². The van der Waals surface area contributed by atoms with E-state index >= 15 is 0 Å². The molecule has 1 amide bonds. The lowest BCUT2D eigenvalue weighted by atomic mass is 9.56. The number of hydrogen-bond donors (Lipinski definition) is 1. The van der Waals surface area contributed by atoms with Gasteiger partial charge in [0.05, 0.1) is 0 Å². The van der Waals surface area contributed by atoms with E-state index < -0.39 is 0 Å². The molecule has 2 N–H and O–H groups in total. The molecule has 26 heavy (non-hydrogen) atoms. The van der Waals surface area contributed by atoms with Gasteiger partial charge in [0.1, 0.15) is 0 Å². The largest absolute Gasteiger partial charge is 0.343 e. The van der Waals surface area contributed by atoms with Gasteiger partial charge in [-0.1, -0.05) is 27.7 Å². The molecule has 6 unspecified atom stereocenters. The Morgan fingerprint density at radius 3 is 2.58 bits per heavy atom.